The van der Waals surface area contributed by atoms with Crippen LogP contribution in [-0.2, 0) is 18.9 Å². The van der Waals surface area contributed by atoms with E-state index < -0.39 is 37.0 Å². The van der Waals surface area contributed by atoms with Gasteiger partial charge in [-0.2, -0.15) is 0 Å². The molecule has 6 nitrogen and oxygen atoms in total. The largest absolute Gasteiger partial charge is 0.387 e. The van der Waals surface area contributed by atoms with E-state index in [4.69, 9.17) is 18.9 Å². The first-order valence-corrected chi connectivity index (χ1v) is 7.24. The Morgan fingerprint density at radius 3 is 2.64 bits per heavy atom. The molecule has 0 saturated carbocycles. The Bertz CT molecular complexity index is 503. The van der Waals surface area contributed by atoms with E-state index in [1.807, 2.05) is 36.4 Å². The zero-order chi connectivity index (χ0) is 15.5. The van der Waals surface area contributed by atoms with Crippen LogP contribution in [0.1, 0.15) is 5.56 Å². The van der Waals surface area contributed by atoms with Crippen molar-refractivity contribution >= 4 is 6.08 Å². The maximum atomic E-state index is 10.2. The Morgan fingerprint density at radius 2 is 1.91 bits per heavy atom. The third-order valence-electron chi connectivity index (χ3n) is 3.83. The normalized spacial score (nSPS) is 38.9. The molecule has 0 spiro atoms. The van der Waals surface area contributed by atoms with Crippen LogP contribution < -0.4 is 0 Å². The number of hydrogen-bond donors (Lipinski definition) is 2. The van der Waals surface area contributed by atoms with E-state index in [-0.39, 0.29) is 6.61 Å². The summed E-state index contributed by atoms with van der Waals surface area (Å²) in [5.74, 6) is 0. The molecule has 6 atom stereocenters. The molecule has 2 aliphatic rings. The fraction of sp³-hybridized carbons (Fsp3) is 0.500. The molecule has 3 unspecified atom stereocenters. The van der Waals surface area contributed by atoms with Crippen molar-refractivity contribution in [3.8, 4) is 0 Å². The van der Waals surface area contributed by atoms with Crippen LogP contribution in [0.2, 0.25) is 0 Å². The summed E-state index contributed by atoms with van der Waals surface area (Å²) >= 11 is 0. The van der Waals surface area contributed by atoms with Crippen LogP contribution in [0.3, 0.4) is 0 Å². The Labute approximate surface area is 128 Å². The minimum Gasteiger partial charge on any atom is -0.387 e. The standard InChI is InChI=1S/C16H20O6/c1-19-16-14(18)13(17)15-11(21-16)9-20-12(22-15)8-7-10-5-3-2-4-6-10/h2-8,11-18H,9H2,1H3/b8-7+/t11?,12?,13-,14?,15-,16-/m1/s1. The summed E-state index contributed by atoms with van der Waals surface area (Å²) in [6, 6.07) is 9.76. The van der Waals surface area contributed by atoms with Crippen LogP contribution in [0.4, 0.5) is 0 Å². The highest BCUT2D eigenvalue weighted by Crippen LogP contribution is 2.29. The molecule has 2 fully saturated rings. The second kappa shape index (κ2) is 6.87. The minimum absolute atomic E-state index is 0.262. The summed E-state index contributed by atoms with van der Waals surface area (Å²) in [7, 11) is 1.41. The first kappa shape index (κ1) is 15.6. The maximum absolute atomic E-state index is 10.2. The van der Waals surface area contributed by atoms with Crippen molar-refractivity contribution in [2.45, 2.75) is 37.0 Å². The summed E-state index contributed by atoms with van der Waals surface area (Å²) < 4.78 is 21.8. The molecule has 22 heavy (non-hydrogen) atoms. The number of aliphatic hydroxyl groups is 2. The van der Waals surface area contributed by atoms with Gasteiger partial charge >= 0.3 is 0 Å². The second-order valence-electron chi connectivity index (χ2n) is 5.33. The fourth-order valence-electron chi connectivity index (χ4n) is 2.64. The molecular formula is C16H20O6. The summed E-state index contributed by atoms with van der Waals surface area (Å²) in [6.45, 7) is 0.262. The SMILES string of the molecule is CO[C@@H]1OC2COC(/C=C/c3ccccc3)O[C@H]2[C@H](O)C1O. The molecule has 1 aromatic rings. The number of hydrogen-bond acceptors (Lipinski definition) is 6. The number of aliphatic hydroxyl groups excluding tert-OH is 2. The Hall–Kier alpha value is -1.28. The molecule has 0 aliphatic carbocycles. The van der Waals surface area contributed by atoms with Crippen molar-refractivity contribution in [2.75, 3.05) is 13.7 Å². The minimum atomic E-state index is -1.15. The molecule has 2 heterocycles. The third-order valence-corrected chi connectivity index (χ3v) is 3.83. The van der Waals surface area contributed by atoms with E-state index in [1.54, 1.807) is 6.08 Å². The van der Waals surface area contributed by atoms with Gasteiger partial charge in [-0.3, -0.25) is 0 Å². The molecule has 0 bridgehead atoms. The third kappa shape index (κ3) is 3.22. The monoisotopic (exact) mass is 308 g/mol. The number of methoxy groups -OCH3 is 1. The van der Waals surface area contributed by atoms with Crippen molar-refractivity contribution < 1.29 is 29.2 Å². The number of fused-ring (bicyclic) bond motifs is 1. The lowest BCUT2D eigenvalue weighted by molar-refractivity contribution is -0.347. The van der Waals surface area contributed by atoms with Gasteiger partial charge in [0.1, 0.15) is 24.4 Å². The number of ether oxygens (including phenoxy) is 4. The molecule has 120 valence electrons. The zero-order valence-electron chi connectivity index (χ0n) is 12.2. The molecule has 0 amide bonds. The van der Waals surface area contributed by atoms with Crippen LogP contribution in [-0.4, -0.2) is 60.9 Å². The van der Waals surface area contributed by atoms with E-state index in [2.05, 4.69) is 0 Å². The van der Waals surface area contributed by atoms with Crippen LogP contribution in [0, 0.1) is 0 Å². The smallest absolute Gasteiger partial charge is 0.186 e. The highest BCUT2D eigenvalue weighted by molar-refractivity contribution is 5.49. The van der Waals surface area contributed by atoms with Gasteiger partial charge in [-0.1, -0.05) is 36.4 Å². The molecular weight excluding hydrogens is 288 g/mol. The predicted molar refractivity (Wildman–Crippen MR) is 77.8 cm³/mol. The Morgan fingerprint density at radius 1 is 1.14 bits per heavy atom. The van der Waals surface area contributed by atoms with Crippen molar-refractivity contribution in [3.63, 3.8) is 0 Å². The van der Waals surface area contributed by atoms with E-state index in [9.17, 15) is 10.2 Å². The lowest BCUT2D eigenvalue weighted by Crippen LogP contribution is -2.62. The summed E-state index contributed by atoms with van der Waals surface area (Å²) in [5, 5.41) is 20.1. The molecule has 0 radical (unpaired) electrons. The van der Waals surface area contributed by atoms with E-state index in [1.165, 1.54) is 7.11 Å². The average molecular weight is 308 g/mol. The topological polar surface area (TPSA) is 77.4 Å². The van der Waals surface area contributed by atoms with Gasteiger partial charge < -0.3 is 29.2 Å². The van der Waals surface area contributed by atoms with Gasteiger partial charge in [0.2, 0.25) is 0 Å². The highest BCUT2D eigenvalue weighted by Gasteiger charge is 2.48. The van der Waals surface area contributed by atoms with Gasteiger partial charge in [0.25, 0.3) is 0 Å². The summed E-state index contributed by atoms with van der Waals surface area (Å²) in [6.07, 6.45) is -1.16. The van der Waals surface area contributed by atoms with Gasteiger partial charge in [0.15, 0.2) is 12.6 Å². The van der Waals surface area contributed by atoms with Crippen molar-refractivity contribution in [1.29, 1.82) is 0 Å². The second-order valence-corrected chi connectivity index (χ2v) is 5.33. The van der Waals surface area contributed by atoms with Crippen LogP contribution >= 0.6 is 0 Å². The Balaban J connectivity index is 1.64. The van der Waals surface area contributed by atoms with Crippen LogP contribution in [0.25, 0.3) is 6.08 Å². The highest BCUT2D eigenvalue weighted by atomic mass is 16.7. The zero-order valence-corrected chi connectivity index (χ0v) is 12.2. The van der Waals surface area contributed by atoms with Crippen molar-refractivity contribution in [1.82, 2.24) is 0 Å². The van der Waals surface area contributed by atoms with Gasteiger partial charge in [-0.15, -0.1) is 0 Å². The first-order chi connectivity index (χ1) is 10.7. The molecule has 2 saturated heterocycles. The van der Waals surface area contributed by atoms with Crippen LogP contribution in [0.5, 0.6) is 0 Å². The lowest BCUT2D eigenvalue weighted by atomic mass is 9.98. The quantitative estimate of drug-likeness (QED) is 0.848. The first-order valence-electron chi connectivity index (χ1n) is 7.24. The van der Waals surface area contributed by atoms with Crippen LogP contribution in [0.15, 0.2) is 36.4 Å². The predicted octanol–water partition coefficient (Wildman–Crippen LogP) is 0.534. The van der Waals surface area contributed by atoms with Crippen molar-refractivity contribution in [2.24, 2.45) is 0 Å². The molecule has 2 N–H and O–H groups in total. The fourth-order valence-corrected chi connectivity index (χ4v) is 2.64. The van der Waals surface area contributed by atoms with Crippen molar-refractivity contribution in [3.05, 3.63) is 42.0 Å². The number of rotatable bonds is 3. The van der Waals surface area contributed by atoms with E-state index >= 15 is 0 Å². The molecule has 6 heteroatoms. The van der Waals surface area contributed by atoms with Gasteiger partial charge in [-0.25, -0.2) is 0 Å². The van der Waals surface area contributed by atoms with E-state index in [0.717, 1.165) is 5.56 Å². The van der Waals surface area contributed by atoms with Gasteiger partial charge in [0, 0.05) is 7.11 Å². The Kier molecular flexibility index (Phi) is 4.87. The van der Waals surface area contributed by atoms with Gasteiger partial charge in [0.05, 0.1) is 6.61 Å². The molecule has 2 aliphatic heterocycles. The lowest BCUT2D eigenvalue weighted by Gasteiger charge is -2.45. The average Bonchev–Trinajstić information content (AvgIpc) is 2.57. The molecule has 1 aromatic carbocycles. The summed E-state index contributed by atoms with van der Waals surface area (Å²) in [5.41, 5.74) is 1.02. The molecule has 0 aromatic heterocycles. The van der Waals surface area contributed by atoms with Gasteiger partial charge in [-0.05, 0) is 11.6 Å². The molecule has 3 rings (SSSR count). The van der Waals surface area contributed by atoms with E-state index in [0.29, 0.717) is 0 Å². The summed E-state index contributed by atoms with van der Waals surface area (Å²) in [4.78, 5) is 0. The maximum Gasteiger partial charge on any atom is 0.186 e. The number of benzene rings is 1.